The molecule has 0 unspecified atom stereocenters. The van der Waals surface area contributed by atoms with Crippen molar-refractivity contribution in [1.82, 2.24) is 5.32 Å². The van der Waals surface area contributed by atoms with Crippen molar-refractivity contribution in [1.29, 1.82) is 0 Å². The Hall–Kier alpha value is -1.40. The predicted octanol–water partition coefficient (Wildman–Crippen LogP) is 2.49. The first-order valence-electron chi connectivity index (χ1n) is 5.28. The lowest BCUT2D eigenvalue weighted by Gasteiger charge is -2.09. The van der Waals surface area contributed by atoms with Crippen molar-refractivity contribution in [3.05, 3.63) is 23.2 Å². The Balaban J connectivity index is 2.63. The van der Waals surface area contributed by atoms with E-state index >= 15 is 0 Å². The van der Waals surface area contributed by atoms with Crippen molar-refractivity contribution < 1.29 is 18.3 Å². The van der Waals surface area contributed by atoms with E-state index in [0.717, 1.165) is 0 Å². The van der Waals surface area contributed by atoms with Gasteiger partial charge in [0.05, 0.1) is 11.6 Å². The molecular formula is C11H13ClF2N2O2. The summed E-state index contributed by atoms with van der Waals surface area (Å²) < 4.78 is 28.2. The number of rotatable bonds is 6. The van der Waals surface area contributed by atoms with Crippen LogP contribution in [0.3, 0.4) is 0 Å². The van der Waals surface area contributed by atoms with Crippen molar-refractivity contribution in [3.63, 3.8) is 0 Å². The van der Waals surface area contributed by atoms with Crippen LogP contribution in [-0.2, 0) is 4.79 Å². The molecule has 0 atom stereocenters. The summed E-state index contributed by atoms with van der Waals surface area (Å²) in [6.07, 6.45) is 0. The number of hydrogen-bond donors (Lipinski definition) is 2. The van der Waals surface area contributed by atoms with E-state index in [-0.39, 0.29) is 23.2 Å². The summed E-state index contributed by atoms with van der Waals surface area (Å²) in [6, 6.07) is 4.06. The molecule has 7 heteroatoms. The van der Waals surface area contributed by atoms with Crippen LogP contribution in [0.2, 0.25) is 5.02 Å². The minimum Gasteiger partial charge on any atom is -0.433 e. The van der Waals surface area contributed by atoms with E-state index < -0.39 is 6.61 Å². The number of benzene rings is 1. The van der Waals surface area contributed by atoms with Gasteiger partial charge in [-0.3, -0.25) is 4.79 Å². The van der Waals surface area contributed by atoms with Gasteiger partial charge in [0.15, 0.2) is 0 Å². The second-order valence-corrected chi connectivity index (χ2v) is 3.76. The van der Waals surface area contributed by atoms with Crippen molar-refractivity contribution in [2.45, 2.75) is 13.5 Å². The summed E-state index contributed by atoms with van der Waals surface area (Å²) in [4.78, 5) is 11.4. The monoisotopic (exact) mass is 278 g/mol. The second kappa shape index (κ2) is 7.13. The highest BCUT2D eigenvalue weighted by atomic mass is 35.5. The molecule has 0 aromatic heterocycles. The number of ether oxygens (including phenoxy) is 1. The third-order valence-corrected chi connectivity index (χ3v) is 2.26. The number of amides is 1. The molecule has 0 saturated carbocycles. The number of nitrogens with one attached hydrogen (secondary N) is 2. The third kappa shape index (κ3) is 4.85. The van der Waals surface area contributed by atoms with E-state index in [1.807, 2.05) is 6.92 Å². The quantitative estimate of drug-likeness (QED) is 0.840. The van der Waals surface area contributed by atoms with E-state index in [2.05, 4.69) is 15.4 Å². The molecule has 0 heterocycles. The second-order valence-electron chi connectivity index (χ2n) is 3.35. The van der Waals surface area contributed by atoms with Gasteiger partial charge in [-0.2, -0.15) is 8.78 Å². The molecule has 0 spiro atoms. The lowest BCUT2D eigenvalue weighted by Crippen LogP contribution is -2.27. The van der Waals surface area contributed by atoms with E-state index in [0.29, 0.717) is 12.2 Å². The summed E-state index contributed by atoms with van der Waals surface area (Å²) in [7, 11) is 0. The Kier molecular flexibility index (Phi) is 5.80. The molecule has 0 radical (unpaired) electrons. The number of hydrogen-bond acceptors (Lipinski definition) is 3. The fraction of sp³-hybridized carbons (Fsp3) is 0.364. The molecule has 0 aliphatic rings. The van der Waals surface area contributed by atoms with Gasteiger partial charge in [-0.25, -0.2) is 0 Å². The summed E-state index contributed by atoms with van der Waals surface area (Å²) in [5, 5.41) is 5.43. The van der Waals surface area contributed by atoms with Gasteiger partial charge in [0.25, 0.3) is 0 Å². The predicted molar refractivity (Wildman–Crippen MR) is 65.3 cm³/mol. The molecule has 0 aliphatic carbocycles. The van der Waals surface area contributed by atoms with Crippen molar-refractivity contribution in [3.8, 4) is 5.75 Å². The van der Waals surface area contributed by atoms with Gasteiger partial charge < -0.3 is 15.4 Å². The first-order chi connectivity index (χ1) is 8.52. The summed E-state index contributed by atoms with van der Waals surface area (Å²) in [5.74, 6) is -0.369. The van der Waals surface area contributed by atoms with Crippen LogP contribution in [0.4, 0.5) is 14.5 Å². The lowest BCUT2D eigenvalue weighted by atomic mass is 10.3. The summed E-state index contributed by atoms with van der Waals surface area (Å²) >= 11 is 5.74. The molecule has 0 bridgehead atoms. The van der Waals surface area contributed by atoms with E-state index in [1.54, 1.807) is 0 Å². The number of carbonyl (C=O) groups is 1. The summed E-state index contributed by atoms with van der Waals surface area (Å²) in [5.41, 5.74) is 0.421. The Bertz CT molecular complexity index is 416. The van der Waals surface area contributed by atoms with Crippen LogP contribution in [0.5, 0.6) is 5.75 Å². The van der Waals surface area contributed by atoms with Gasteiger partial charge in [-0.05, 0) is 24.7 Å². The molecule has 0 aliphatic heterocycles. The number of anilines is 1. The van der Waals surface area contributed by atoms with E-state index in [9.17, 15) is 13.6 Å². The maximum atomic E-state index is 12.0. The van der Waals surface area contributed by atoms with Gasteiger partial charge in [-0.1, -0.05) is 18.5 Å². The highest BCUT2D eigenvalue weighted by Crippen LogP contribution is 2.28. The maximum absolute atomic E-state index is 12.0. The number of carbonyl (C=O) groups excluding carboxylic acids is 1. The zero-order chi connectivity index (χ0) is 13.5. The molecule has 1 amide bonds. The Morgan fingerprint density at radius 2 is 2.22 bits per heavy atom. The fourth-order valence-electron chi connectivity index (χ4n) is 1.21. The van der Waals surface area contributed by atoms with Gasteiger partial charge in [0.1, 0.15) is 5.75 Å². The van der Waals surface area contributed by atoms with Gasteiger partial charge in [0.2, 0.25) is 5.91 Å². The number of likely N-dealkylation sites (N-methyl/N-ethyl adjacent to an activating group) is 1. The molecular weight excluding hydrogens is 266 g/mol. The van der Waals surface area contributed by atoms with Crippen molar-refractivity contribution in [2.75, 3.05) is 18.4 Å². The summed E-state index contributed by atoms with van der Waals surface area (Å²) in [6.45, 7) is -0.212. The van der Waals surface area contributed by atoms with Crippen LogP contribution < -0.4 is 15.4 Å². The van der Waals surface area contributed by atoms with Crippen LogP contribution in [0.1, 0.15) is 6.92 Å². The topological polar surface area (TPSA) is 50.4 Å². The van der Waals surface area contributed by atoms with Crippen LogP contribution in [0.15, 0.2) is 18.2 Å². The normalized spacial score (nSPS) is 10.5. The third-order valence-electron chi connectivity index (χ3n) is 1.97. The molecule has 1 aromatic rings. The van der Waals surface area contributed by atoms with Gasteiger partial charge in [-0.15, -0.1) is 0 Å². The first kappa shape index (κ1) is 14.7. The van der Waals surface area contributed by atoms with Crippen LogP contribution >= 0.6 is 11.6 Å². The largest absolute Gasteiger partial charge is 0.433 e. The van der Waals surface area contributed by atoms with Gasteiger partial charge >= 0.3 is 6.61 Å². The maximum Gasteiger partial charge on any atom is 0.387 e. The minimum atomic E-state index is -2.93. The molecule has 100 valence electrons. The molecule has 0 saturated heterocycles. The Morgan fingerprint density at radius 1 is 1.50 bits per heavy atom. The van der Waals surface area contributed by atoms with Crippen molar-refractivity contribution in [2.24, 2.45) is 0 Å². The number of alkyl halides is 2. The smallest absolute Gasteiger partial charge is 0.387 e. The molecule has 18 heavy (non-hydrogen) atoms. The lowest BCUT2D eigenvalue weighted by molar-refractivity contribution is -0.115. The molecule has 0 fully saturated rings. The van der Waals surface area contributed by atoms with E-state index in [1.165, 1.54) is 18.2 Å². The zero-order valence-corrected chi connectivity index (χ0v) is 10.4. The Labute approximate surface area is 108 Å². The highest BCUT2D eigenvalue weighted by molar-refractivity contribution is 6.32. The average Bonchev–Trinajstić information content (AvgIpc) is 2.29. The number of halogens is 3. The molecule has 2 N–H and O–H groups in total. The SMILES string of the molecule is CCNCC(=O)Nc1ccc(OC(F)F)c(Cl)c1. The van der Waals surface area contributed by atoms with Crippen LogP contribution in [0, 0.1) is 0 Å². The molecule has 1 aromatic carbocycles. The molecule has 1 rings (SSSR count). The average molecular weight is 279 g/mol. The Morgan fingerprint density at radius 3 is 2.78 bits per heavy atom. The van der Waals surface area contributed by atoms with Gasteiger partial charge in [0, 0.05) is 5.69 Å². The van der Waals surface area contributed by atoms with Crippen molar-refractivity contribution >= 4 is 23.2 Å². The van der Waals surface area contributed by atoms with Crippen LogP contribution in [-0.4, -0.2) is 25.6 Å². The first-order valence-corrected chi connectivity index (χ1v) is 5.65. The zero-order valence-electron chi connectivity index (χ0n) is 9.67. The standard InChI is InChI=1S/C11H13ClF2N2O2/c1-2-15-6-10(17)16-7-3-4-9(8(12)5-7)18-11(13)14/h3-5,11,15H,2,6H2,1H3,(H,16,17). The van der Waals surface area contributed by atoms with E-state index in [4.69, 9.17) is 11.6 Å². The minimum absolute atomic E-state index is 0.0107. The van der Waals surface area contributed by atoms with Crippen LogP contribution in [0.25, 0.3) is 0 Å². The highest BCUT2D eigenvalue weighted by Gasteiger charge is 2.10. The molecule has 4 nitrogen and oxygen atoms in total. The fourth-order valence-corrected chi connectivity index (χ4v) is 1.44.